The molecular formula is C12H17N3O7. The maximum absolute atomic E-state index is 11.4. The second kappa shape index (κ2) is 9.34. The van der Waals surface area contributed by atoms with E-state index in [0.29, 0.717) is 17.8 Å². The van der Waals surface area contributed by atoms with E-state index in [9.17, 15) is 19.2 Å². The van der Waals surface area contributed by atoms with Gasteiger partial charge >= 0.3 is 23.0 Å². The van der Waals surface area contributed by atoms with Gasteiger partial charge in [-0.1, -0.05) is 6.58 Å². The summed E-state index contributed by atoms with van der Waals surface area (Å²) in [4.78, 5) is 48.7. The Kier molecular flexibility index (Phi) is 7.40. The highest BCUT2D eigenvalue weighted by Crippen LogP contribution is 1.89. The molecule has 10 heteroatoms. The third-order valence-electron chi connectivity index (χ3n) is 2.42. The first-order valence-electron chi connectivity index (χ1n) is 6.44. The van der Waals surface area contributed by atoms with Gasteiger partial charge in [0.15, 0.2) is 0 Å². The largest absolute Gasteiger partial charge is 0.499 e. The summed E-state index contributed by atoms with van der Waals surface area (Å²) < 4.78 is 15.5. The molecule has 0 atom stereocenters. The number of hydrogen-bond acceptors (Lipinski definition) is 7. The first-order valence-corrected chi connectivity index (χ1v) is 6.44. The smallest absolute Gasteiger partial charge is 0.333 e. The quantitative estimate of drug-likeness (QED) is 0.300. The van der Waals surface area contributed by atoms with E-state index in [1.165, 1.54) is 6.26 Å². The molecule has 0 aliphatic carbocycles. The maximum Gasteiger partial charge on any atom is 0.333 e. The Morgan fingerprint density at radius 2 is 1.73 bits per heavy atom. The highest BCUT2D eigenvalue weighted by atomic mass is 16.6. The number of carbonyl (C=O) groups excluding carboxylic acids is 1. The molecule has 122 valence electrons. The van der Waals surface area contributed by atoms with E-state index in [-0.39, 0.29) is 26.2 Å². The molecule has 0 bridgehead atoms. The van der Waals surface area contributed by atoms with Crippen molar-refractivity contribution in [2.45, 2.75) is 13.0 Å². The van der Waals surface area contributed by atoms with Crippen molar-refractivity contribution in [3.05, 3.63) is 44.3 Å². The third kappa shape index (κ3) is 6.22. The standard InChI is InChI=1S/C12H17N3O7/c1-2-20-5-6-21-7-8-22-9(16)3-4-15-11(18)13-10(17)14-12(15)19/h2H,1,3-8H2,(H2,13,14,17,18,19). The molecule has 1 aromatic heterocycles. The molecule has 0 amide bonds. The van der Waals surface area contributed by atoms with Crippen LogP contribution >= 0.6 is 0 Å². The Morgan fingerprint density at radius 1 is 1.09 bits per heavy atom. The van der Waals surface area contributed by atoms with E-state index in [1.807, 2.05) is 9.97 Å². The van der Waals surface area contributed by atoms with E-state index in [2.05, 4.69) is 6.58 Å². The maximum atomic E-state index is 11.4. The van der Waals surface area contributed by atoms with Gasteiger partial charge in [0, 0.05) is 6.54 Å². The molecule has 1 aromatic rings. The van der Waals surface area contributed by atoms with Crippen molar-refractivity contribution < 1.29 is 19.0 Å². The molecule has 0 aromatic carbocycles. The minimum Gasteiger partial charge on any atom is -0.499 e. The van der Waals surface area contributed by atoms with Crippen LogP contribution in [0.5, 0.6) is 0 Å². The molecule has 0 radical (unpaired) electrons. The van der Waals surface area contributed by atoms with Gasteiger partial charge in [0.25, 0.3) is 0 Å². The summed E-state index contributed by atoms with van der Waals surface area (Å²) >= 11 is 0. The van der Waals surface area contributed by atoms with Crippen molar-refractivity contribution in [2.24, 2.45) is 0 Å². The number of aromatic nitrogens is 3. The summed E-state index contributed by atoms with van der Waals surface area (Å²) in [6.07, 6.45) is 1.11. The molecule has 0 saturated heterocycles. The van der Waals surface area contributed by atoms with E-state index in [0.717, 1.165) is 0 Å². The summed E-state index contributed by atoms with van der Waals surface area (Å²) in [6, 6.07) is 0. The summed E-state index contributed by atoms with van der Waals surface area (Å²) in [7, 11) is 0. The Bertz CT molecular complexity index is 623. The van der Waals surface area contributed by atoms with Crippen LogP contribution in [0.4, 0.5) is 0 Å². The van der Waals surface area contributed by atoms with Gasteiger partial charge in [-0.2, -0.15) is 0 Å². The van der Waals surface area contributed by atoms with Crippen molar-refractivity contribution >= 4 is 5.97 Å². The zero-order chi connectivity index (χ0) is 16.4. The van der Waals surface area contributed by atoms with Crippen molar-refractivity contribution in [1.82, 2.24) is 14.5 Å². The topological polar surface area (TPSA) is 132 Å². The fourth-order valence-corrected chi connectivity index (χ4v) is 1.44. The molecule has 2 N–H and O–H groups in total. The van der Waals surface area contributed by atoms with Gasteiger partial charge in [-0.15, -0.1) is 0 Å². The third-order valence-corrected chi connectivity index (χ3v) is 2.42. The van der Waals surface area contributed by atoms with Crippen molar-refractivity contribution in [3.63, 3.8) is 0 Å². The molecular weight excluding hydrogens is 298 g/mol. The second-order valence-corrected chi connectivity index (χ2v) is 3.96. The van der Waals surface area contributed by atoms with Crippen LogP contribution in [-0.4, -0.2) is 46.9 Å². The molecule has 0 spiro atoms. The zero-order valence-electron chi connectivity index (χ0n) is 11.8. The summed E-state index contributed by atoms with van der Waals surface area (Å²) in [5.74, 6) is -0.594. The number of H-pyrrole nitrogens is 2. The lowest BCUT2D eigenvalue weighted by molar-refractivity contribution is -0.145. The number of nitrogens with zero attached hydrogens (tertiary/aromatic N) is 1. The number of ether oxygens (including phenoxy) is 3. The van der Waals surface area contributed by atoms with Crippen LogP contribution in [0.15, 0.2) is 27.2 Å². The predicted molar refractivity (Wildman–Crippen MR) is 74.5 cm³/mol. The number of hydrogen-bond donors (Lipinski definition) is 2. The van der Waals surface area contributed by atoms with Crippen LogP contribution < -0.4 is 17.1 Å². The highest BCUT2D eigenvalue weighted by molar-refractivity contribution is 5.69. The monoisotopic (exact) mass is 315 g/mol. The van der Waals surface area contributed by atoms with E-state index in [1.54, 1.807) is 0 Å². The van der Waals surface area contributed by atoms with E-state index >= 15 is 0 Å². The summed E-state index contributed by atoms with van der Waals surface area (Å²) in [5, 5.41) is 0. The first kappa shape index (κ1) is 17.4. The Labute approximate surface area is 124 Å². The highest BCUT2D eigenvalue weighted by Gasteiger charge is 2.07. The molecule has 0 unspecified atom stereocenters. The molecule has 10 nitrogen and oxygen atoms in total. The van der Waals surface area contributed by atoms with Gasteiger partial charge in [-0.05, 0) is 0 Å². The molecule has 22 heavy (non-hydrogen) atoms. The molecule has 0 saturated carbocycles. The fraction of sp³-hybridized carbons (Fsp3) is 0.500. The molecule has 0 aliphatic rings. The lowest BCUT2D eigenvalue weighted by atomic mass is 10.4. The van der Waals surface area contributed by atoms with Crippen molar-refractivity contribution in [2.75, 3.05) is 26.4 Å². The van der Waals surface area contributed by atoms with Gasteiger partial charge < -0.3 is 14.2 Å². The van der Waals surface area contributed by atoms with Gasteiger partial charge in [-0.25, -0.2) is 19.0 Å². The van der Waals surface area contributed by atoms with Crippen molar-refractivity contribution in [3.8, 4) is 0 Å². The molecule has 0 fully saturated rings. The average molecular weight is 315 g/mol. The number of aromatic amines is 2. The van der Waals surface area contributed by atoms with Gasteiger partial charge in [0.05, 0.1) is 25.9 Å². The SMILES string of the molecule is C=COCCOCCOC(=O)CCn1c(=O)[nH]c(=O)[nH]c1=O. The average Bonchev–Trinajstić information content (AvgIpc) is 2.45. The number of carbonyl (C=O) groups is 1. The molecule has 1 rings (SSSR count). The normalized spacial score (nSPS) is 10.2. The van der Waals surface area contributed by atoms with Crippen LogP contribution in [0.3, 0.4) is 0 Å². The lowest BCUT2D eigenvalue weighted by Gasteiger charge is -2.06. The minimum atomic E-state index is -0.897. The zero-order valence-corrected chi connectivity index (χ0v) is 11.8. The van der Waals surface area contributed by atoms with Crippen LogP contribution in [-0.2, 0) is 25.5 Å². The first-order chi connectivity index (χ1) is 10.5. The van der Waals surface area contributed by atoms with E-state index in [4.69, 9.17) is 14.2 Å². The Balaban J connectivity index is 2.27. The summed E-state index contributed by atoms with van der Waals surface area (Å²) in [6.45, 7) is 4.11. The number of nitrogens with one attached hydrogen (secondary N) is 2. The predicted octanol–water partition coefficient (Wildman–Crippen LogP) is -1.67. The van der Waals surface area contributed by atoms with Crippen LogP contribution in [0.2, 0.25) is 0 Å². The lowest BCUT2D eigenvalue weighted by Crippen LogP contribution is -2.43. The van der Waals surface area contributed by atoms with Gasteiger partial charge in [-0.3, -0.25) is 14.8 Å². The second-order valence-electron chi connectivity index (χ2n) is 3.96. The van der Waals surface area contributed by atoms with Crippen LogP contribution in [0.25, 0.3) is 0 Å². The van der Waals surface area contributed by atoms with Crippen molar-refractivity contribution in [1.29, 1.82) is 0 Å². The molecule has 0 aliphatic heterocycles. The Morgan fingerprint density at radius 3 is 2.36 bits per heavy atom. The van der Waals surface area contributed by atoms with Crippen LogP contribution in [0, 0.1) is 0 Å². The Hall–Kier alpha value is -2.62. The van der Waals surface area contributed by atoms with Crippen LogP contribution in [0.1, 0.15) is 6.42 Å². The van der Waals surface area contributed by atoms with Gasteiger partial charge in [0.1, 0.15) is 13.2 Å². The summed E-state index contributed by atoms with van der Waals surface area (Å²) in [5.41, 5.74) is -2.66. The number of rotatable bonds is 10. The minimum absolute atomic E-state index is 0.0454. The fourth-order valence-electron chi connectivity index (χ4n) is 1.44. The molecule has 1 heterocycles. The number of esters is 1. The van der Waals surface area contributed by atoms with Gasteiger partial charge in [0.2, 0.25) is 0 Å². The van der Waals surface area contributed by atoms with E-state index < -0.39 is 23.0 Å².